The summed E-state index contributed by atoms with van der Waals surface area (Å²) in [7, 11) is 0. The van der Waals surface area contributed by atoms with Crippen LogP contribution in [0.5, 0.6) is 0 Å². The summed E-state index contributed by atoms with van der Waals surface area (Å²) in [4.78, 5) is 22.1. The number of rotatable bonds is 1. The number of hydrogen-bond donors (Lipinski definition) is 1. The van der Waals surface area contributed by atoms with E-state index in [1.807, 2.05) is 0 Å². The minimum absolute atomic E-state index is 0.117. The van der Waals surface area contributed by atoms with Crippen LogP contribution in [0.2, 0.25) is 0 Å². The van der Waals surface area contributed by atoms with Crippen molar-refractivity contribution in [2.24, 2.45) is 0 Å². The van der Waals surface area contributed by atoms with Crippen LogP contribution in [0.25, 0.3) is 0 Å². The van der Waals surface area contributed by atoms with E-state index < -0.39 is 5.97 Å². The molecule has 1 heterocycles. The van der Waals surface area contributed by atoms with Gasteiger partial charge >= 0.3 is 5.97 Å². The summed E-state index contributed by atoms with van der Waals surface area (Å²) in [6.07, 6.45) is 2.58. The van der Waals surface area contributed by atoms with Gasteiger partial charge in [0.15, 0.2) is 11.5 Å². The van der Waals surface area contributed by atoms with Gasteiger partial charge in [0.25, 0.3) is 0 Å². The number of Topliss-reactive ketones (excluding diaryl/α,β-unsaturated/α-hetero) is 1. The number of ketones is 1. The first-order chi connectivity index (χ1) is 6.70. The molecule has 0 saturated heterocycles. The van der Waals surface area contributed by atoms with Crippen LogP contribution in [0.4, 0.5) is 0 Å². The van der Waals surface area contributed by atoms with Gasteiger partial charge in [-0.15, -0.1) is 0 Å². The van der Waals surface area contributed by atoms with Gasteiger partial charge in [-0.2, -0.15) is 0 Å². The molecule has 1 aromatic heterocycles. The third-order valence-corrected chi connectivity index (χ3v) is 2.33. The van der Waals surface area contributed by atoms with Crippen LogP contribution in [-0.2, 0) is 6.42 Å². The standard InChI is InChI=1S/C9H9NO4/c11-6-4-2-1-3-5-7(6)10-14-8(5)9(12)13/h1-4H2,(H,12,13). The van der Waals surface area contributed by atoms with Gasteiger partial charge in [-0.1, -0.05) is 5.16 Å². The smallest absolute Gasteiger partial charge is 0.375 e. The molecule has 0 spiro atoms. The number of nitrogens with zero attached hydrogens (tertiary/aromatic N) is 1. The van der Waals surface area contributed by atoms with Gasteiger partial charge in [-0.05, 0) is 19.3 Å². The van der Waals surface area contributed by atoms with Crippen LogP contribution in [0.15, 0.2) is 4.52 Å². The van der Waals surface area contributed by atoms with Crippen molar-refractivity contribution in [3.05, 3.63) is 17.0 Å². The lowest BCUT2D eigenvalue weighted by Crippen LogP contribution is -2.02. The second kappa shape index (κ2) is 3.25. The monoisotopic (exact) mass is 195 g/mol. The number of aromatic carboxylic acids is 1. The third-order valence-electron chi connectivity index (χ3n) is 2.33. The predicted octanol–water partition coefficient (Wildman–Crippen LogP) is 1.28. The van der Waals surface area contributed by atoms with Crippen molar-refractivity contribution in [2.75, 3.05) is 0 Å². The molecule has 0 saturated carbocycles. The van der Waals surface area contributed by atoms with Crippen LogP contribution < -0.4 is 0 Å². The van der Waals surface area contributed by atoms with Crippen LogP contribution in [0.3, 0.4) is 0 Å². The Hall–Kier alpha value is -1.65. The quantitative estimate of drug-likeness (QED) is 0.682. The molecule has 1 aliphatic carbocycles. The molecule has 0 radical (unpaired) electrons. The van der Waals surface area contributed by atoms with Gasteiger partial charge in [0.05, 0.1) is 0 Å². The highest BCUT2D eigenvalue weighted by molar-refractivity contribution is 5.98. The maximum absolute atomic E-state index is 11.4. The van der Waals surface area contributed by atoms with E-state index in [1.165, 1.54) is 0 Å². The fraction of sp³-hybridized carbons (Fsp3) is 0.444. The Labute approximate surface area is 79.7 Å². The van der Waals surface area contributed by atoms with E-state index in [0.29, 0.717) is 18.4 Å². The van der Waals surface area contributed by atoms with Crippen molar-refractivity contribution < 1.29 is 19.2 Å². The van der Waals surface area contributed by atoms with Crippen LogP contribution >= 0.6 is 0 Å². The number of hydrogen-bond acceptors (Lipinski definition) is 4. The number of aromatic nitrogens is 1. The van der Waals surface area contributed by atoms with E-state index in [-0.39, 0.29) is 17.2 Å². The maximum atomic E-state index is 11.4. The van der Waals surface area contributed by atoms with Crippen LogP contribution in [-0.4, -0.2) is 22.0 Å². The number of carboxylic acid groups (broad SMARTS) is 1. The molecule has 1 aromatic rings. The zero-order valence-corrected chi connectivity index (χ0v) is 7.45. The van der Waals surface area contributed by atoms with Crippen molar-refractivity contribution >= 4 is 11.8 Å². The highest BCUT2D eigenvalue weighted by Gasteiger charge is 2.27. The zero-order chi connectivity index (χ0) is 10.1. The fourth-order valence-electron chi connectivity index (χ4n) is 1.63. The minimum Gasteiger partial charge on any atom is -0.475 e. The highest BCUT2D eigenvalue weighted by atomic mass is 16.5. The lowest BCUT2D eigenvalue weighted by atomic mass is 10.1. The minimum atomic E-state index is -1.16. The Balaban J connectivity index is 2.50. The molecule has 2 rings (SSSR count). The Bertz CT molecular complexity index is 394. The van der Waals surface area contributed by atoms with Crippen molar-refractivity contribution in [3.8, 4) is 0 Å². The first kappa shape index (κ1) is 8.93. The molecule has 14 heavy (non-hydrogen) atoms. The number of carboxylic acids is 1. The molecule has 0 unspecified atom stereocenters. The molecule has 0 atom stereocenters. The van der Waals surface area contributed by atoms with Crippen molar-refractivity contribution in [1.29, 1.82) is 0 Å². The van der Waals surface area contributed by atoms with Crippen LogP contribution in [0, 0.1) is 0 Å². The van der Waals surface area contributed by atoms with Crippen molar-refractivity contribution in [2.45, 2.75) is 25.7 Å². The lowest BCUT2D eigenvalue weighted by molar-refractivity contribution is 0.0649. The Morgan fingerprint density at radius 3 is 2.79 bits per heavy atom. The Kier molecular flexibility index (Phi) is 2.07. The lowest BCUT2D eigenvalue weighted by Gasteiger charge is -1.93. The van der Waals surface area contributed by atoms with E-state index in [0.717, 1.165) is 12.8 Å². The summed E-state index contributed by atoms with van der Waals surface area (Å²) in [5.74, 6) is -1.46. The zero-order valence-electron chi connectivity index (χ0n) is 7.45. The van der Waals surface area contributed by atoms with Gasteiger partial charge in [-0.3, -0.25) is 4.79 Å². The normalized spacial score (nSPS) is 16.1. The van der Waals surface area contributed by atoms with Crippen LogP contribution in [0.1, 0.15) is 45.9 Å². The molecule has 1 N–H and O–H groups in total. The van der Waals surface area contributed by atoms with Gasteiger partial charge in [0.1, 0.15) is 0 Å². The first-order valence-corrected chi connectivity index (χ1v) is 4.45. The summed E-state index contributed by atoms with van der Waals surface area (Å²) in [5, 5.41) is 12.3. The number of carbonyl (C=O) groups excluding carboxylic acids is 1. The van der Waals surface area contributed by atoms with Gasteiger partial charge < -0.3 is 9.63 Å². The van der Waals surface area contributed by atoms with E-state index in [2.05, 4.69) is 9.68 Å². The van der Waals surface area contributed by atoms with Gasteiger partial charge in [0, 0.05) is 12.0 Å². The number of carbonyl (C=O) groups is 2. The summed E-state index contributed by atoms with van der Waals surface area (Å²) < 4.78 is 4.63. The Morgan fingerprint density at radius 2 is 2.07 bits per heavy atom. The molecular weight excluding hydrogens is 186 g/mol. The molecule has 0 bridgehead atoms. The average Bonchev–Trinajstić information content (AvgIpc) is 2.48. The summed E-state index contributed by atoms with van der Waals surface area (Å²) >= 11 is 0. The second-order valence-corrected chi connectivity index (χ2v) is 3.27. The summed E-state index contributed by atoms with van der Waals surface area (Å²) in [6.45, 7) is 0. The summed E-state index contributed by atoms with van der Waals surface area (Å²) in [5.41, 5.74) is 0.667. The van der Waals surface area contributed by atoms with E-state index >= 15 is 0 Å². The number of fused-ring (bicyclic) bond motifs is 1. The molecular formula is C9H9NO4. The van der Waals surface area contributed by atoms with E-state index in [1.54, 1.807) is 0 Å². The average molecular weight is 195 g/mol. The van der Waals surface area contributed by atoms with Gasteiger partial charge in [-0.25, -0.2) is 4.79 Å². The molecule has 0 amide bonds. The SMILES string of the molecule is O=C1CCCCc2c1noc2C(=O)O. The second-order valence-electron chi connectivity index (χ2n) is 3.27. The fourth-order valence-corrected chi connectivity index (χ4v) is 1.63. The van der Waals surface area contributed by atoms with Crippen molar-refractivity contribution in [1.82, 2.24) is 5.16 Å². The molecule has 5 heteroatoms. The largest absolute Gasteiger partial charge is 0.475 e. The van der Waals surface area contributed by atoms with Crippen molar-refractivity contribution in [3.63, 3.8) is 0 Å². The Morgan fingerprint density at radius 1 is 1.36 bits per heavy atom. The topological polar surface area (TPSA) is 80.4 Å². The molecule has 74 valence electrons. The highest BCUT2D eigenvalue weighted by Crippen LogP contribution is 2.23. The molecule has 5 nitrogen and oxygen atoms in total. The molecule has 1 aliphatic rings. The third kappa shape index (κ3) is 1.30. The van der Waals surface area contributed by atoms with E-state index in [4.69, 9.17) is 5.11 Å². The molecule has 0 aromatic carbocycles. The molecule has 0 aliphatic heterocycles. The molecule has 0 fully saturated rings. The summed E-state index contributed by atoms with van der Waals surface area (Å²) in [6, 6.07) is 0. The van der Waals surface area contributed by atoms with Gasteiger partial charge in [0.2, 0.25) is 5.76 Å². The predicted molar refractivity (Wildman–Crippen MR) is 45.3 cm³/mol. The maximum Gasteiger partial charge on any atom is 0.375 e. The van der Waals surface area contributed by atoms with E-state index in [9.17, 15) is 9.59 Å². The first-order valence-electron chi connectivity index (χ1n) is 4.45.